The Kier molecular flexibility index (Phi) is 6.32. The minimum Gasteiger partial charge on any atom is -0.380 e. The standard InChI is InChI=1S/C15H22ClNO2/c1-5-19-9-8-17(14(18)10-16)15-12(3)7-6-11(2)13(15)4/h6-7H,5,8-10H2,1-4H3. The van der Waals surface area contributed by atoms with Gasteiger partial charge in [0.1, 0.15) is 5.88 Å². The molecule has 0 saturated heterocycles. The van der Waals surface area contributed by atoms with Gasteiger partial charge < -0.3 is 9.64 Å². The van der Waals surface area contributed by atoms with E-state index in [4.69, 9.17) is 16.3 Å². The van der Waals surface area contributed by atoms with Crippen LogP contribution >= 0.6 is 11.6 Å². The monoisotopic (exact) mass is 283 g/mol. The molecule has 1 rings (SSSR count). The average molecular weight is 284 g/mol. The molecule has 19 heavy (non-hydrogen) atoms. The molecule has 0 aromatic heterocycles. The molecule has 0 unspecified atom stereocenters. The lowest BCUT2D eigenvalue weighted by Crippen LogP contribution is -2.36. The van der Waals surface area contributed by atoms with E-state index < -0.39 is 0 Å². The molecule has 0 atom stereocenters. The second-order valence-corrected chi connectivity index (χ2v) is 4.82. The SMILES string of the molecule is CCOCCN(C(=O)CCl)c1c(C)ccc(C)c1C. The highest BCUT2D eigenvalue weighted by Gasteiger charge is 2.19. The van der Waals surface area contributed by atoms with E-state index in [1.54, 1.807) is 4.90 Å². The van der Waals surface area contributed by atoms with E-state index in [-0.39, 0.29) is 11.8 Å². The molecule has 0 aliphatic carbocycles. The summed E-state index contributed by atoms with van der Waals surface area (Å²) < 4.78 is 5.35. The van der Waals surface area contributed by atoms with E-state index in [0.29, 0.717) is 19.8 Å². The predicted molar refractivity (Wildman–Crippen MR) is 80.2 cm³/mol. The van der Waals surface area contributed by atoms with E-state index in [2.05, 4.69) is 6.07 Å². The zero-order chi connectivity index (χ0) is 14.4. The van der Waals surface area contributed by atoms with Crippen LogP contribution in [0.2, 0.25) is 0 Å². The fraction of sp³-hybridized carbons (Fsp3) is 0.533. The molecular weight excluding hydrogens is 262 g/mol. The summed E-state index contributed by atoms with van der Waals surface area (Å²) >= 11 is 5.72. The van der Waals surface area contributed by atoms with Gasteiger partial charge in [-0.15, -0.1) is 11.6 Å². The van der Waals surface area contributed by atoms with Crippen LogP contribution in [0.15, 0.2) is 12.1 Å². The number of benzene rings is 1. The molecule has 3 nitrogen and oxygen atoms in total. The normalized spacial score (nSPS) is 10.6. The van der Waals surface area contributed by atoms with Gasteiger partial charge in [0.2, 0.25) is 5.91 Å². The predicted octanol–water partition coefficient (Wildman–Crippen LogP) is 3.22. The molecule has 0 spiro atoms. The van der Waals surface area contributed by atoms with E-state index >= 15 is 0 Å². The number of rotatable bonds is 6. The van der Waals surface area contributed by atoms with Crippen molar-refractivity contribution in [3.8, 4) is 0 Å². The fourth-order valence-electron chi connectivity index (χ4n) is 2.09. The van der Waals surface area contributed by atoms with Gasteiger partial charge in [0, 0.05) is 18.8 Å². The zero-order valence-corrected chi connectivity index (χ0v) is 12.9. The maximum absolute atomic E-state index is 12.1. The highest BCUT2D eigenvalue weighted by atomic mass is 35.5. The van der Waals surface area contributed by atoms with Gasteiger partial charge in [0.25, 0.3) is 0 Å². The number of carbonyl (C=O) groups is 1. The van der Waals surface area contributed by atoms with Crippen molar-refractivity contribution in [1.82, 2.24) is 0 Å². The average Bonchev–Trinajstić information content (AvgIpc) is 2.41. The highest BCUT2D eigenvalue weighted by molar-refractivity contribution is 6.29. The number of nitrogens with zero attached hydrogens (tertiary/aromatic N) is 1. The number of carbonyl (C=O) groups excluding carboxylic acids is 1. The Balaban J connectivity index is 3.10. The quantitative estimate of drug-likeness (QED) is 0.593. The van der Waals surface area contributed by atoms with Crippen molar-refractivity contribution < 1.29 is 9.53 Å². The molecule has 106 valence electrons. The Morgan fingerprint density at radius 1 is 1.26 bits per heavy atom. The van der Waals surface area contributed by atoms with Crippen LogP contribution in [0, 0.1) is 20.8 Å². The van der Waals surface area contributed by atoms with Crippen LogP contribution in [0.3, 0.4) is 0 Å². The Morgan fingerprint density at radius 3 is 2.47 bits per heavy atom. The second kappa shape index (κ2) is 7.51. The first-order chi connectivity index (χ1) is 9.02. The lowest BCUT2D eigenvalue weighted by atomic mass is 10.0. The Morgan fingerprint density at radius 2 is 1.89 bits per heavy atom. The summed E-state index contributed by atoms with van der Waals surface area (Å²) in [5, 5.41) is 0. The third-order valence-corrected chi connectivity index (χ3v) is 3.48. The lowest BCUT2D eigenvalue weighted by molar-refractivity contribution is -0.116. The van der Waals surface area contributed by atoms with Gasteiger partial charge >= 0.3 is 0 Å². The first-order valence-electron chi connectivity index (χ1n) is 6.53. The van der Waals surface area contributed by atoms with Gasteiger partial charge in [-0.25, -0.2) is 0 Å². The number of halogens is 1. The molecule has 1 aromatic rings. The first-order valence-corrected chi connectivity index (χ1v) is 7.07. The smallest absolute Gasteiger partial charge is 0.242 e. The summed E-state index contributed by atoms with van der Waals surface area (Å²) in [5.41, 5.74) is 4.34. The van der Waals surface area contributed by atoms with E-state index in [1.165, 1.54) is 5.56 Å². The Bertz CT molecular complexity index is 446. The minimum atomic E-state index is -0.0850. The Labute approximate surface area is 120 Å². The first kappa shape index (κ1) is 16.0. The van der Waals surface area contributed by atoms with E-state index in [9.17, 15) is 4.79 Å². The molecule has 0 bridgehead atoms. The van der Waals surface area contributed by atoms with Gasteiger partial charge in [-0.05, 0) is 44.4 Å². The molecule has 0 heterocycles. The number of alkyl halides is 1. The van der Waals surface area contributed by atoms with Crippen LogP contribution < -0.4 is 4.90 Å². The third kappa shape index (κ3) is 3.95. The topological polar surface area (TPSA) is 29.5 Å². The summed E-state index contributed by atoms with van der Waals surface area (Å²) in [5.74, 6) is -0.1000. The van der Waals surface area contributed by atoms with Crippen LogP contribution in [0.4, 0.5) is 5.69 Å². The van der Waals surface area contributed by atoms with Crippen molar-refractivity contribution in [2.45, 2.75) is 27.7 Å². The van der Waals surface area contributed by atoms with Crippen molar-refractivity contribution in [3.63, 3.8) is 0 Å². The van der Waals surface area contributed by atoms with Crippen LogP contribution in [-0.4, -0.2) is 31.5 Å². The molecule has 0 N–H and O–H groups in total. The summed E-state index contributed by atoms with van der Waals surface area (Å²) in [6, 6.07) is 4.10. The fourth-order valence-corrected chi connectivity index (χ4v) is 2.23. The third-order valence-electron chi connectivity index (χ3n) is 3.25. The van der Waals surface area contributed by atoms with Crippen molar-refractivity contribution >= 4 is 23.2 Å². The van der Waals surface area contributed by atoms with Gasteiger partial charge in [-0.2, -0.15) is 0 Å². The van der Waals surface area contributed by atoms with Crippen molar-refractivity contribution in [2.24, 2.45) is 0 Å². The number of anilines is 1. The molecule has 0 aliphatic rings. The lowest BCUT2D eigenvalue weighted by Gasteiger charge is -2.26. The van der Waals surface area contributed by atoms with Crippen molar-refractivity contribution in [3.05, 3.63) is 28.8 Å². The van der Waals surface area contributed by atoms with Gasteiger partial charge in [-0.3, -0.25) is 4.79 Å². The number of ether oxygens (including phenoxy) is 1. The van der Waals surface area contributed by atoms with Crippen LogP contribution in [0.1, 0.15) is 23.6 Å². The summed E-state index contributed by atoms with van der Waals surface area (Å²) in [4.78, 5) is 13.8. The van der Waals surface area contributed by atoms with Crippen molar-refractivity contribution in [1.29, 1.82) is 0 Å². The molecular formula is C15H22ClNO2. The maximum atomic E-state index is 12.1. The number of hydrogen-bond donors (Lipinski definition) is 0. The Hall–Kier alpha value is -1.06. The molecule has 0 saturated carbocycles. The number of aryl methyl sites for hydroxylation is 2. The minimum absolute atomic E-state index is 0.0149. The molecule has 1 aromatic carbocycles. The highest BCUT2D eigenvalue weighted by Crippen LogP contribution is 2.27. The molecule has 1 amide bonds. The molecule has 0 aliphatic heterocycles. The largest absolute Gasteiger partial charge is 0.380 e. The number of amides is 1. The van der Waals surface area contributed by atoms with Crippen LogP contribution in [0.25, 0.3) is 0 Å². The van der Waals surface area contributed by atoms with Gasteiger partial charge in [-0.1, -0.05) is 12.1 Å². The van der Waals surface area contributed by atoms with Gasteiger partial charge in [0.15, 0.2) is 0 Å². The second-order valence-electron chi connectivity index (χ2n) is 4.55. The molecule has 0 fully saturated rings. The van der Waals surface area contributed by atoms with Crippen molar-refractivity contribution in [2.75, 3.05) is 30.5 Å². The molecule has 0 radical (unpaired) electrons. The van der Waals surface area contributed by atoms with Crippen LogP contribution in [-0.2, 0) is 9.53 Å². The van der Waals surface area contributed by atoms with Gasteiger partial charge in [0.05, 0.1) is 6.61 Å². The van der Waals surface area contributed by atoms with Crippen LogP contribution in [0.5, 0.6) is 0 Å². The zero-order valence-electron chi connectivity index (χ0n) is 12.1. The molecule has 4 heteroatoms. The summed E-state index contributed by atoms with van der Waals surface area (Å²) in [6.45, 7) is 9.73. The number of hydrogen-bond acceptors (Lipinski definition) is 2. The summed E-state index contributed by atoms with van der Waals surface area (Å²) in [7, 11) is 0. The summed E-state index contributed by atoms with van der Waals surface area (Å²) in [6.07, 6.45) is 0. The maximum Gasteiger partial charge on any atom is 0.242 e. The van der Waals surface area contributed by atoms with E-state index in [1.807, 2.05) is 33.8 Å². The van der Waals surface area contributed by atoms with E-state index in [0.717, 1.165) is 16.8 Å².